The van der Waals surface area contributed by atoms with Crippen molar-refractivity contribution in [3.63, 3.8) is 0 Å². The number of hydrogen-bond acceptors (Lipinski definition) is 6. The second-order valence-electron chi connectivity index (χ2n) is 6.75. The fraction of sp³-hybridized carbons (Fsp3) is 0.286. The van der Waals surface area contributed by atoms with Crippen molar-refractivity contribution in [2.45, 2.75) is 0 Å². The number of nitrogens with one attached hydrogen (secondary N) is 2. The maximum Gasteiger partial charge on any atom is 0.314 e. The minimum absolute atomic E-state index is 0.0903. The zero-order valence-electron chi connectivity index (χ0n) is 16.2. The van der Waals surface area contributed by atoms with Gasteiger partial charge >= 0.3 is 11.8 Å². The van der Waals surface area contributed by atoms with Crippen LogP contribution in [0.5, 0.6) is 11.5 Å². The highest BCUT2D eigenvalue weighted by atomic mass is 16.6. The van der Waals surface area contributed by atoms with Gasteiger partial charge in [0.05, 0.1) is 13.2 Å². The lowest BCUT2D eigenvalue weighted by molar-refractivity contribution is -0.133. The molecular formula is C21H21N3O6. The van der Waals surface area contributed by atoms with Gasteiger partial charge in [-0.2, -0.15) is 0 Å². The van der Waals surface area contributed by atoms with E-state index in [0.29, 0.717) is 68.0 Å². The first-order valence-corrected chi connectivity index (χ1v) is 9.59. The van der Waals surface area contributed by atoms with Crippen LogP contribution in [-0.2, 0) is 14.3 Å². The van der Waals surface area contributed by atoms with Crippen LogP contribution in [-0.4, -0.2) is 62.1 Å². The summed E-state index contributed by atoms with van der Waals surface area (Å²) in [6.45, 7) is 3.05. The molecule has 9 heteroatoms. The van der Waals surface area contributed by atoms with E-state index in [4.69, 9.17) is 14.2 Å². The number of morpholine rings is 1. The predicted octanol–water partition coefficient (Wildman–Crippen LogP) is 1.51. The Bertz CT molecular complexity index is 954. The number of anilines is 2. The lowest BCUT2D eigenvalue weighted by Crippen LogP contribution is -2.40. The number of nitrogens with zero attached hydrogens (tertiary/aromatic N) is 1. The molecule has 0 atom stereocenters. The maximum atomic E-state index is 12.4. The molecular weight excluding hydrogens is 390 g/mol. The highest BCUT2D eigenvalue weighted by Crippen LogP contribution is 2.32. The summed E-state index contributed by atoms with van der Waals surface area (Å²) in [7, 11) is 0. The average Bonchev–Trinajstić information content (AvgIpc) is 2.79. The van der Waals surface area contributed by atoms with E-state index < -0.39 is 11.8 Å². The molecule has 156 valence electrons. The van der Waals surface area contributed by atoms with E-state index in [9.17, 15) is 14.4 Å². The van der Waals surface area contributed by atoms with Crippen molar-refractivity contribution in [3.05, 3.63) is 48.0 Å². The molecule has 2 heterocycles. The average molecular weight is 411 g/mol. The maximum absolute atomic E-state index is 12.4. The molecule has 1 saturated heterocycles. The largest absolute Gasteiger partial charge is 0.486 e. The van der Waals surface area contributed by atoms with Gasteiger partial charge in [-0.1, -0.05) is 0 Å². The summed E-state index contributed by atoms with van der Waals surface area (Å²) < 4.78 is 16.1. The summed E-state index contributed by atoms with van der Waals surface area (Å²) >= 11 is 0. The Labute approximate surface area is 172 Å². The third-order valence-corrected chi connectivity index (χ3v) is 4.69. The first-order chi connectivity index (χ1) is 14.6. The Balaban J connectivity index is 1.34. The van der Waals surface area contributed by atoms with Gasteiger partial charge in [-0.25, -0.2) is 0 Å². The summed E-state index contributed by atoms with van der Waals surface area (Å²) in [5, 5.41) is 5.04. The van der Waals surface area contributed by atoms with Crippen LogP contribution in [0.15, 0.2) is 42.5 Å². The quantitative estimate of drug-likeness (QED) is 0.742. The molecule has 2 aromatic rings. The minimum Gasteiger partial charge on any atom is -0.486 e. The molecule has 0 unspecified atom stereocenters. The summed E-state index contributed by atoms with van der Waals surface area (Å²) in [6, 6.07) is 11.3. The first kappa shape index (κ1) is 19.7. The van der Waals surface area contributed by atoms with E-state index in [1.165, 1.54) is 0 Å². The molecule has 0 bridgehead atoms. The Morgan fingerprint density at radius 1 is 0.733 bits per heavy atom. The fourth-order valence-corrected chi connectivity index (χ4v) is 3.14. The molecule has 0 radical (unpaired) electrons. The van der Waals surface area contributed by atoms with Gasteiger partial charge in [0.1, 0.15) is 13.2 Å². The molecule has 4 rings (SSSR count). The van der Waals surface area contributed by atoms with Crippen molar-refractivity contribution in [3.8, 4) is 11.5 Å². The molecule has 0 aliphatic carbocycles. The third kappa shape index (κ3) is 4.52. The van der Waals surface area contributed by atoms with Gasteiger partial charge in [-0.3, -0.25) is 14.4 Å². The molecule has 9 nitrogen and oxygen atoms in total. The van der Waals surface area contributed by atoms with Crippen LogP contribution >= 0.6 is 0 Å². The van der Waals surface area contributed by atoms with Crippen molar-refractivity contribution in [1.82, 2.24) is 4.90 Å². The van der Waals surface area contributed by atoms with Crippen molar-refractivity contribution in [1.29, 1.82) is 0 Å². The highest BCUT2D eigenvalue weighted by molar-refractivity contribution is 6.43. The number of benzene rings is 2. The van der Waals surface area contributed by atoms with Gasteiger partial charge in [-0.05, 0) is 36.4 Å². The highest BCUT2D eigenvalue weighted by Gasteiger charge is 2.19. The van der Waals surface area contributed by atoms with E-state index >= 15 is 0 Å². The standard InChI is InChI=1S/C21H21N3O6/c25-19(20(26)23-16-5-6-17-18(13-16)30-12-11-29-17)22-15-3-1-14(2-4-15)21(27)24-7-9-28-10-8-24/h1-6,13H,7-12H2,(H,22,25)(H,23,26). The molecule has 0 saturated carbocycles. The van der Waals surface area contributed by atoms with Gasteiger partial charge < -0.3 is 29.7 Å². The van der Waals surface area contributed by atoms with Crippen LogP contribution in [0.4, 0.5) is 11.4 Å². The number of carbonyl (C=O) groups excluding carboxylic acids is 3. The molecule has 2 aromatic carbocycles. The number of fused-ring (bicyclic) bond motifs is 1. The molecule has 3 amide bonds. The second-order valence-corrected chi connectivity index (χ2v) is 6.75. The van der Waals surface area contributed by atoms with E-state index in [-0.39, 0.29) is 5.91 Å². The predicted molar refractivity (Wildman–Crippen MR) is 108 cm³/mol. The van der Waals surface area contributed by atoms with Crippen molar-refractivity contribution in [2.24, 2.45) is 0 Å². The zero-order chi connectivity index (χ0) is 20.9. The van der Waals surface area contributed by atoms with Crippen LogP contribution in [0, 0.1) is 0 Å². The summed E-state index contributed by atoms with van der Waals surface area (Å²) in [5.41, 5.74) is 1.34. The second kappa shape index (κ2) is 8.83. The SMILES string of the molecule is O=C(Nc1ccc(C(=O)N2CCOCC2)cc1)C(=O)Nc1ccc2c(c1)OCCO2. The van der Waals surface area contributed by atoms with Crippen molar-refractivity contribution in [2.75, 3.05) is 50.2 Å². The van der Waals surface area contributed by atoms with Gasteiger partial charge in [0.15, 0.2) is 11.5 Å². The van der Waals surface area contributed by atoms with E-state index in [1.54, 1.807) is 47.4 Å². The normalized spacial score (nSPS) is 15.3. The van der Waals surface area contributed by atoms with E-state index in [2.05, 4.69) is 10.6 Å². The Kier molecular flexibility index (Phi) is 5.80. The minimum atomic E-state index is -0.822. The lowest BCUT2D eigenvalue weighted by atomic mass is 10.1. The monoisotopic (exact) mass is 411 g/mol. The van der Waals surface area contributed by atoms with Crippen LogP contribution in [0.1, 0.15) is 10.4 Å². The lowest BCUT2D eigenvalue weighted by Gasteiger charge is -2.26. The van der Waals surface area contributed by atoms with Crippen LogP contribution < -0.4 is 20.1 Å². The van der Waals surface area contributed by atoms with Gasteiger partial charge in [0.2, 0.25) is 0 Å². The molecule has 0 spiro atoms. The van der Waals surface area contributed by atoms with Gasteiger partial charge in [-0.15, -0.1) is 0 Å². The Hall–Kier alpha value is -3.59. The molecule has 1 fully saturated rings. The topological polar surface area (TPSA) is 106 Å². The van der Waals surface area contributed by atoms with Gasteiger partial charge in [0.25, 0.3) is 5.91 Å². The molecule has 0 aromatic heterocycles. The van der Waals surface area contributed by atoms with E-state index in [0.717, 1.165) is 0 Å². The summed E-state index contributed by atoms with van der Waals surface area (Å²) in [5.74, 6) is -0.625. The van der Waals surface area contributed by atoms with Crippen LogP contribution in [0.2, 0.25) is 0 Å². The third-order valence-electron chi connectivity index (χ3n) is 4.69. The summed E-state index contributed by atoms with van der Waals surface area (Å²) in [4.78, 5) is 38.6. The zero-order valence-corrected chi connectivity index (χ0v) is 16.2. The first-order valence-electron chi connectivity index (χ1n) is 9.59. The fourth-order valence-electron chi connectivity index (χ4n) is 3.14. The number of amides is 3. The number of carbonyl (C=O) groups is 3. The van der Waals surface area contributed by atoms with Crippen LogP contribution in [0.25, 0.3) is 0 Å². The Morgan fingerprint density at radius 3 is 2.03 bits per heavy atom. The smallest absolute Gasteiger partial charge is 0.314 e. The van der Waals surface area contributed by atoms with E-state index in [1.807, 2.05) is 0 Å². The van der Waals surface area contributed by atoms with Crippen molar-refractivity contribution >= 4 is 29.1 Å². The number of rotatable bonds is 3. The molecule has 2 aliphatic heterocycles. The van der Waals surface area contributed by atoms with Gasteiger partial charge in [0, 0.05) is 36.1 Å². The molecule has 2 N–H and O–H groups in total. The van der Waals surface area contributed by atoms with Crippen LogP contribution in [0.3, 0.4) is 0 Å². The number of ether oxygens (including phenoxy) is 3. The molecule has 30 heavy (non-hydrogen) atoms. The molecule has 2 aliphatic rings. The summed E-state index contributed by atoms with van der Waals surface area (Å²) in [6.07, 6.45) is 0. The Morgan fingerprint density at radius 2 is 1.33 bits per heavy atom. The number of hydrogen-bond donors (Lipinski definition) is 2. The van der Waals surface area contributed by atoms with Crippen molar-refractivity contribution < 1.29 is 28.6 Å².